The van der Waals surface area contributed by atoms with E-state index in [4.69, 9.17) is 14.5 Å². The highest BCUT2D eigenvalue weighted by atomic mass is 32.2. The number of fused-ring (bicyclic) bond motifs is 3. The van der Waals surface area contributed by atoms with Crippen LogP contribution in [-0.4, -0.2) is 66.9 Å². The lowest BCUT2D eigenvalue weighted by atomic mass is 9.90. The van der Waals surface area contributed by atoms with E-state index in [1.165, 1.54) is 0 Å². The van der Waals surface area contributed by atoms with Gasteiger partial charge in [0.05, 0.1) is 41.6 Å². The third kappa shape index (κ3) is 8.10. The number of hydrogen-bond donors (Lipinski definition) is 1. The molecule has 8 rings (SSSR count). The second-order valence-electron chi connectivity index (χ2n) is 16.0. The van der Waals surface area contributed by atoms with Crippen molar-refractivity contribution in [2.75, 3.05) is 13.7 Å². The Morgan fingerprint density at radius 1 is 0.946 bits per heavy atom. The Bertz CT molecular complexity index is 2240. The molecule has 56 heavy (non-hydrogen) atoms. The number of hydrogen-bond acceptors (Lipinski definition) is 8. The summed E-state index contributed by atoms with van der Waals surface area (Å²) in [6.07, 6.45) is 9.83. The third-order valence-electron chi connectivity index (χ3n) is 12.0. The summed E-state index contributed by atoms with van der Waals surface area (Å²) in [6, 6.07) is 26.5. The molecule has 2 saturated carbocycles. The van der Waals surface area contributed by atoms with E-state index >= 15 is 0 Å². The fourth-order valence-electron chi connectivity index (χ4n) is 8.56. The van der Waals surface area contributed by atoms with Gasteiger partial charge in [-0.25, -0.2) is 13.4 Å². The molecule has 0 radical (unpaired) electrons. The molecule has 2 aliphatic heterocycles. The van der Waals surface area contributed by atoms with Crippen LogP contribution < -0.4 is 14.2 Å². The van der Waals surface area contributed by atoms with Crippen molar-refractivity contribution in [1.82, 2.24) is 14.6 Å². The number of pyridine rings is 1. The zero-order chi connectivity index (χ0) is 38.9. The molecule has 3 fully saturated rings. The van der Waals surface area contributed by atoms with Gasteiger partial charge in [0.15, 0.2) is 5.78 Å². The van der Waals surface area contributed by atoms with E-state index in [-0.39, 0.29) is 42.9 Å². The lowest BCUT2D eigenvalue weighted by Gasteiger charge is -2.29. The van der Waals surface area contributed by atoms with E-state index < -0.39 is 38.7 Å². The highest BCUT2D eigenvalue weighted by molar-refractivity contribution is 7.90. The summed E-state index contributed by atoms with van der Waals surface area (Å²) in [6.45, 7) is 0.194. The van der Waals surface area contributed by atoms with Crippen LogP contribution in [0.2, 0.25) is 0 Å². The van der Waals surface area contributed by atoms with Gasteiger partial charge in [0, 0.05) is 41.8 Å². The van der Waals surface area contributed by atoms with Crippen molar-refractivity contribution in [2.45, 2.75) is 88.0 Å². The first-order valence-electron chi connectivity index (χ1n) is 19.9. The SMILES string of the molecule is COc1ccc2c(O[C@@H]3C[C@H]4C(=O)C[C@]5(C(=O)NS(=O)(=O)C6CC6)C[C@H]5/C=C\CCCCC[C@H](Cc5ccccc5)C(=O)N4C3)cc(-c3ccccc3)nc2c1. The topological polar surface area (TPSA) is 132 Å². The van der Waals surface area contributed by atoms with E-state index in [2.05, 4.69) is 10.8 Å². The summed E-state index contributed by atoms with van der Waals surface area (Å²) >= 11 is 0. The lowest BCUT2D eigenvalue weighted by Crippen LogP contribution is -2.46. The maximum absolute atomic E-state index is 14.8. The highest BCUT2D eigenvalue weighted by Gasteiger charge is 2.61. The molecule has 5 atom stereocenters. The summed E-state index contributed by atoms with van der Waals surface area (Å²) in [4.78, 5) is 50.1. The van der Waals surface area contributed by atoms with Gasteiger partial charge in [-0.15, -0.1) is 0 Å². The zero-order valence-electron chi connectivity index (χ0n) is 31.8. The fourth-order valence-corrected chi connectivity index (χ4v) is 9.94. The predicted octanol–water partition coefficient (Wildman–Crippen LogP) is 7.21. The van der Waals surface area contributed by atoms with Gasteiger partial charge in [0.1, 0.15) is 17.6 Å². The fraction of sp³-hybridized carbons (Fsp3) is 0.422. The van der Waals surface area contributed by atoms with Gasteiger partial charge in [-0.3, -0.25) is 19.1 Å². The number of methoxy groups -OCH3 is 1. The summed E-state index contributed by atoms with van der Waals surface area (Å²) in [5.41, 5.74) is 2.19. The number of Topliss-reactive ketones (excluding diaryl/α,β-unsaturated/α-hetero) is 1. The molecular weight excluding hydrogens is 727 g/mol. The van der Waals surface area contributed by atoms with Crippen molar-refractivity contribution in [1.29, 1.82) is 0 Å². The van der Waals surface area contributed by atoms with Crippen molar-refractivity contribution < 1.29 is 32.3 Å². The van der Waals surface area contributed by atoms with Crippen molar-refractivity contribution in [3.05, 3.63) is 103 Å². The number of nitrogens with zero attached hydrogens (tertiary/aromatic N) is 2. The number of carbonyl (C=O) groups excluding carboxylic acids is 3. The average molecular weight is 776 g/mol. The van der Waals surface area contributed by atoms with E-state index in [1.54, 1.807) is 12.0 Å². The van der Waals surface area contributed by atoms with Crippen molar-refractivity contribution in [2.24, 2.45) is 17.3 Å². The molecule has 3 aromatic carbocycles. The molecule has 1 N–H and O–H groups in total. The molecule has 0 unspecified atom stereocenters. The highest BCUT2D eigenvalue weighted by Crippen LogP contribution is 2.57. The lowest BCUT2D eigenvalue weighted by molar-refractivity contribution is -0.142. The summed E-state index contributed by atoms with van der Waals surface area (Å²) < 4.78 is 40.6. The first-order chi connectivity index (χ1) is 27.1. The summed E-state index contributed by atoms with van der Waals surface area (Å²) in [5, 5.41) is 0.207. The largest absolute Gasteiger partial charge is 0.497 e. The maximum atomic E-state index is 14.8. The number of rotatable bonds is 9. The Kier molecular flexibility index (Phi) is 10.7. The van der Waals surface area contributed by atoms with E-state index in [0.29, 0.717) is 54.8 Å². The standard InChI is InChI=1S/C45H49N3O7S/c1-54-34-19-22-37-39(24-34)46-38(31-15-10-6-11-16-31)26-42(37)55-35-25-40-41(49)28-45(44(51)47-56(52,53)36-20-21-36)27-33(45)18-12-4-2-3-9-17-32(43(50)48(40)29-35)23-30-13-7-5-8-14-30/h5-8,10-16,18-19,22,24,26,32-33,35-36,40H,2-4,9,17,20-21,23,25,27-29H2,1H3,(H,47,51)/b18-12-/t32-,33-,35-,40+,45-/m1/s1. The molecule has 0 bridgehead atoms. The molecule has 4 aromatic rings. The second kappa shape index (κ2) is 15.8. The molecule has 1 aromatic heterocycles. The van der Waals surface area contributed by atoms with Gasteiger partial charge in [0.25, 0.3) is 0 Å². The number of sulfonamides is 1. The normalized spacial score (nSPS) is 26.3. The average Bonchev–Trinajstić information content (AvgIpc) is 4.14. The minimum atomic E-state index is -3.82. The van der Waals surface area contributed by atoms with Crippen LogP contribution in [0.25, 0.3) is 22.2 Å². The third-order valence-corrected chi connectivity index (χ3v) is 13.8. The number of amides is 2. The predicted molar refractivity (Wildman–Crippen MR) is 214 cm³/mol. The quantitative estimate of drug-likeness (QED) is 0.177. The molecule has 1 saturated heterocycles. The molecule has 4 aliphatic rings. The van der Waals surface area contributed by atoms with Crippen molar-refractivity contribution >= 4 is 38.5 Å². The Balaban J connectivity index is 1.13. The van der Waals surface area contributed by atoms with E-state index in [0.717, 1.165) is 42.2 Å². The number of benzene rings is 3. The molecule has 292 valence electrons. The van der Waals surface area contributed by atoms with Crippen LogP contribution in [0, 0.1) is 17.3 Å². The molecule has 2 aliphatic carbocycles. The number of ketones is 1. The van der Waals surface area contributed by atoms with Crippen LogP contribution in [-0.2, 0) is 30.8 Å². The van der Waals surface area contributed by atoms with Gasteiger partial charge in [-0.2, -0.15) is 0 Å². The molecule has 0 spiro atoms. The van der Waals surface area contributed by atoms with Crippen LogP contribution in [0.3, 0.4) is 0 Å². The second-order valence-corrected chi connectivity index (χ2v) is 17.9. The summed E-state index contributed by atoms with van der Waals surface area (Å²) in [5.74, 6) is -0.325. The van der Waals surface area contributed by atoms with Crippen LogP contribution in [0.1, 0.15) is 69.8 Å². The zero-order valence-corrected chi connectivity index (χ0v) is 32.6. The number of aromatic nitrogens is 1. The van der Waals surface area contributed by atoms with Crippen LogP contribution in [0.4, 0.5) is 0 Å². The van der Waals surface area contributed by atoms with E-state index in [9.17, 15) is 22.8 Å². The Labute approximate surface area is 328 Å². The molecule has 10 nitrogen and oxygen atoms in total. The molecular formula is C45H49N3O7S. The number of nitrogens with one attached hydrogen (secondary N) is 1. The van der Waals surface area contributed by atoms with Crippen LogP contribution in [0.5, 0.6) is 11.5 Å². The van der Waals surface area contributed by atoms with E-state index in [1.807, 2.05) is 91.0 Å². The Hall–Kier alpha value is -5.03. The molecule has 11 heteroatoms. The minimum Gasteiger partial charge on any atom is -0.497 e. The van der Waals surface area contributed by atoms with Gasteiger partial charge >= 0.3 is 0 Å². The monoisotopic (exact) mass is 775 g/mol. The first kappa shape index (κ1) is 37.9. The minimum absolute atomic E-state index is 0.0947. The summed E-state index contributed by atoms with van der Waals surface area (Å²) in [7, 11) is -2.21. The van der Waals surface area contributed by atoms with Crippen molar-refractivity contribution in [3.63, 3.8) is 0 Å². The molecule has 3 heterocycles. The Morgan fingerprint density at radius 3 is 2.46 bits per heavy atom. The molecule has 2 amide bonds. The van der Waals surface area contributed by atoms with Crippen LogP contribution in [0.15, 0.2) is 97.1 Å². The Morgan fingerprint density at radius 2 is 1.71 bits per heavy atom. The smallest absolute Gasteiger partial charge is 0.240 e. The van der Waals surface area contributed by atoms with Crippen LogP contribution >= 0.6 is 0 Å². The van der Waals surface area contributed by atoms with Gasteiger partial charge in [-0.1, -0.05) is 85.7 Å². The maximum Gasteiger partial charge on any atom is 0.240 e. The van der Waals surface area contributed by atoms with Gasteiger partial charge in [0.2, 0.25) is 21.8 Å². The number of ether oxygens (including phenoxy) is 2. The van der Waals surface area contributed by atoms with Gasteiger partial charge in [-0.05, 0) is 68.6 Å². The first-order valence-corrected chi connectivity index (χ1v) is 21.5. The number of carbonyl (C=O) groups is 3. The van der Waals surface area contributed by atoms with Gasteiger partial charge < -0.3 is 14.4 Å². The number of allylic oxidation sites excluding steroid dienone is 2. The van der Waals surface area contributed by atoms with Crippen molar-refractivity contribution in [3.8, 4) is 22.8 Å².